The topological polar surface area (TPSA) is 51.0 Å². The Hall–Kier alpha value is -1.62. The number of aromatic amines is 1. The molecule has 0 unspecified atom stereocenters. The number of aromatic nitrogens is 2. The lowest BCUT2D eigenvalue weighted by atomic mass is 10.2. The SMILES string of the molecule is COc1ccccc1-c1n[nH]c(=S)o1. The Labute approximate surface area is 85.5 Å². The molecule has 0 atom stereocenters. The molecule has 0 aliphatic carbocycles. The van der Waals surface area contributed by atoms with Crippen molar-refractivity contribution in [3.63, 3.8) is 0 Å². The van der Waals surface area contributed by atoms with E-state index in [1.165, 1.54) is 0 Å². The average molecular weight is 208 g/mol. The largest absolute Gasteiger partial charge is 0.496 e. The van der Waals surface area contributed by atoms with E-state index in [0.29, 0.717) is 11.6 Å². The van der Waals surface area contributed by atoms with Crippen molar-refractivity contribution in [3.8, 4) is 17.2 Å². The molecule has 1 aromatic heterocycles. The van der Waals surface area contributed by atoms with Gasteiger partial charge in [0.1, 0.15) is 5.75 Å². The Morgan fingerprint density at radius 3 is 2.86 bits per heavy atom. The Balaban J connectivity index is 2.55. The molecule has 2 rings (SSSR count). The van der Waals surface area contributed by atoms with E-state index < -0.39 is 0 Å². The molecule has 4 nitrogen and oxygen atoms in total. The number of benzene rings is 1. The van der Waals surface area contributed by atoms with Gasteiger partial charge >= 0.3 is 0 Å². The maximum atomic E-state index is 5.18. The Bertz CT molecular complexity index is 489. The van der Waals surface area contributed by atoms with Gasteiger partial charge in [0.25, 0.3) is 4.84 Å². The quantitative estimate of drug-likeness (QED) is 0.770. The molecule has 0 radical (unpaired) electrons. The molecule has 0 aliphatic heterocycles. The molecule has 72 valence electrons. The van der Waals surface area contributed by atoms with E-state index in [0.717, 1.165) is 5.56 Å². The van der Waals surface area contributed by atoms with Gasteiger partial charge in [-0.2, -0.15) is 0 Å². The third-order valence-electron chi connectivity index (χ3n) is 1.78. The minimum Gasteiger partial charge on any atom is -0.496 e. The molecule has 1 heterocycles. The molecule has 0 spiro atoms. The fraction of sp³-hybridized carbons (Fsp3) is 0.111. The van der Waals surface area contributed by atoms with Crippen LogP contribution in [0.5, 0.6) is 5.75 Å². The van der Waals surface area contributed by atoms with Crippen LogP contribution < -0.4 is 4.74 Å². The summed E-state index contributed by atoms with van der Waals surface area (Å²) >= 11 is 4.79. The number of rotatable bonds is 2. The summed E-state index contributed by atoms with van der Waals surface area (Å²) in [5.74, 6) is 1.14. The van der Waals surface area contributed by atoms with Gasteiger partial charge in [-0.05, 0) is 24.4 Å². The van der Waals surface area contributed by atoms with E-state index in [2.05, 4.69) is 10.2 Å². The van der Waals surface area contributed by atoms with Crippen LogP contribution in [-0.2, 0) is 0 Å². The average Bonchev–Trinajstić information content (AvgIpc) is 2.65. The van der Waals surface area contributed by atoms with Crippen LogP contribution in [0.3, 0.4) is 0 Å². The second-order valence-electron chi connectivity index (χ2n) is 2.62. The fourth-order valence-electron chi connectivity index (χ4n) is 1.17. The Kier molecular flexibility index (Phi) is 2.32. The number of hydrogen-bond acceptors (Lipinski definition) is 4. The summed E-state index contributed by atoms with van der Waals surface area (Å²) in [6.07, 6.45) is 0. The molecule has 1 N–H and O–H groups in total. The molecule has 0 bridgehead atoms. The van der Waals surface area contributed by atoms with E-state index >= 15 is 0 Å². The highest BCUT2D eigenvalue weighted by atomic mass is 32.1. The van der Waals surface area contributed by atoms with Crippen LogP contribution >= 0.6 is 12.2 Å². The molecular formula is C9H8N2O2S. The number of H-pyrrole nitrogens is 1. The molecule has 0 amide bonds. The lowest BCUT2D eigenvalue weighted by molar-refractivity contribution is 0.414. The maximum Gasteiger partial charge on any atom is 0.284 e. The maximum absolute atomic E-state index is 5.18. The van der Waals surface area contributed by atoms with Crippen molar-refractivity contribution in [1.29, 1.82) is 0 Å². The number of methoxy groups -OCH3 is 1. The molecular weight excluding hydrogens is 200 g/mol. The molecule has 0 saturated heterocycles. The second kappa shape index (κ2) is 3.63. The summed E-state index contributed by atoms with van der Waals surface area (Å²) in [6, 6.07) is 7.45. The zero-order chi connectivity index (χ0) is 9.97. The van der Waals surface area contributed by atoms with Crippen molar-refractivity contribution >= 4 is 12.2 Å². The molecule has 0 aliphatic rings. The molecule has 14 heavy (non-hydrogen) atoms. The molecule has 5 heteroatoms. The van der Waals surface area contributed by atoms with Crippen LogP contribution in [-0.4, -0.2) is 17.3 Å². The Morgan fingerprint density at radius 1 is 1.43 bits per heavy atom. The molecule has 1 aromatic carbocycles. The minimum absolute atomic E-state index is 0.255. The molecule has 0 saturated carbocycles. The Morgan fingerprint density at radius 2 is 2.21 bits per heavy atom. The first kappa shape index (κ1) is 8.96. The summed E-state index contributed by atoms with van der Waals surface area (Å²) in [6.45, 7) is 0. The summed E-state index contributed by atoms with van der Waals surface area (Å²) < 4.78 is 10.3. The highest BCUT2D eigenvalue weighted by Gasteiger charge is 2.09. The van der Waals surface area contributed by atoms with Gasteiger partial charge in [-0.3, -0.25) is 0 Å². The minimum atomic E-state index is 0.255. The summed E-state index contributed by atoms with van der Waals surface area (Å²) in [7, 11) is 1.60. The van der Waals surface area contributed by atoms with E-state index in [1.54, 1.807) is 7.11 Å². The number of hydrogen-bond donors (Lipinski definition) is 1. The summed E-state index contributed by atoms with van der Waals surface area (Å²) in [4.78, 5) is 0.255. The van der Waals surface area contributed by atoms with Gasteiger partial charge in [-0.25, -0.2) is 5.10 Å². The molecule has 0 fully saturated rings. The van der Waals surface area contributed by atoms with Gasteiger partial charge in [0, 0.05) is 0 Å². The van der Waals surface area contributed by atoms with Crippen molar-refractivity contribution in [3.05, 3.63) is 29.1 Å². The van der Waals surface area contributed by atoms with Gasteiger partial charge in [-0.15, -0.1) is 5.10 Å². The van der Waals surface area contributed by atoms with E-state index in [9.17, 15) is 0 Å². The van der Waals surface area contributed by atoms with Crippen LogP contribution in [0.15, 0.2) is 28.7 Å². The third kappa shape index (κ3) is 1.54. The fourth-order valence-corrected chi connectivity index (χ4v) is 1.29. The van der Waals surface area contributed by atoms with Gasteiger partial charge in [0.05, 0.1) is 12.7 Å². The van der Waals surface area contributed by atoms with E-state index in [-0.39, 0.29) is 4.84 Å². The summed E-state index contributed by atoms with van der Waals surface area (Å²) in [5, 5.41) is 6.48. The first-order valence-electron chi connectivity index (χ1n) is 4.00. The first-order chi connectivity index (χ1) is 6.81. The van der Waals surface area contributed by atoms with Crippen LogP contribution in [0.2, 0.25) is 0 Å². The lowest BCUT2D eigenvalue weighted by Gasteiger charge is -2.02. The number of para-hydroxylation sites is 1. The van der Waals surface area contributed by atoms with E-state index in [1.807, 2.05) is 24.3 Å². The summed E-state index contributed by atoms with van der Waals surface area (Å²) in [5.41, 5.74) is 0.780. The number of nitrogens with zero attached hydrogens (tertiary/aromatic N) is 1. The normalized spacial score (nSPS) is 10.1. The monoisotopic (exact) mass is 208 g/mol. The number of nitrogens with one attached hydrogen (secondary N) is 1. The zero-order valence-corrected chi connectivity index (χ0v) is 8.30. The predicted octanol–water partition coefficient (Wildman–Crippen LogP) is 2.41. The van der Waals surface area contributed by atoms with Gasteiger partial charge in [-0.1, -0.05) is 12.1 Å². The van der Waals surface area contributed by atoms with Crippen molar-refractivity contribution in [2.75, 3.05) is 7.11 Å². The third-order valence-corrected chi connectivity index (χ3v) is 1.95. The van der Waals surface area contributed by atoms with Crippen LogP contribution in [0, 0.1) is 4.84 Å². The van der Waals surface area contributed by atoms with Crippen LogP contribution in [0.4, 0.5) is 0 Å². The van der Waals surface area contributed by atoms with Gasteiger partial charge in [0.2, 0.25) is 5.89 Å². The lowest BCUT2D eigenvalue weighted by Crippen LogP contribution is -1.87. The van der Waals surface area contributed by atoms with Crippen LogP contribution in [0.1, 0.15) is 0 Å². The highest BCUT2D eigenvalue weighted by Crippen LogP contribution is 2.27. The molecule has 2 aromatic rings. The van der Waals surface area contributed by atoms with Crippen molar-refractivity contribution in [2.24, 2.45) is 0 Å². The zero-order valence-electron chi connectivity index (χ0n) is 7.48. The number of ether oxygens (including phenoxy) is 1. The predicted molar refractivity (Wildman–Crippen MR) is 53.7 cm³/mol. The second-order valence-corrected chi connectivity index (χ2v) is 2.99. The van der Waals surface area contributed by atoms with Crippen molar-refractivity contribution in [1.82, 2.24) is 10.2 Å². The van der Waals surface area contributed by atoms with Gasteiger partial charge in [0.15, 0.2) is 0 Å². The smallest absolute Gasteiger partial charge is 0.284 e. The van der Waals surface area contributed by atoms with Crippen molar-refractivity contribution < 1.29 is 9.15 Å². The standard InChI is InChI=1S/C9H8N2O2S/c1-12-7-5-3-2-4-6(7)8-10-11-9(14)13-8/h2-5H,1H3,(H,11,14). The van der Waals surface area contributed by atoms with Crippen LogP contribution in [0.25, 0.3) is 11.5 Å². The van der Waals surface area contributed by atoms with E-state index in [4.69, 9.17) is 21.4 Å². The first-order valence-corrected chi connectivity index (χ1v) is 4.41. The highest BCUT2D eigenvalue weighted by molar-refractivity contribution is 7.71. The van der Waals surface area contributed by atoms with Crippen molar-refractivity contribution in [2.45, 2.75) is 0 Å². The van der Waals surface area contributed by atoms with Gasteiger partial charge < -0.3 is 9.15 Å².